The molecule has 98 valence electrons. The molecule has 1 aromatic rings. The Morgan fingerprint density at radius 2 is 1.83 bits per heavy atom. The molecule has 1 saturated heterocycles. The summed E-state index contributed by atoms with van der Waals surface area (Å²) in [7, 11) is 0. The predicted molar refractivity (Wildman–Crippen MR) is 70.2 cm³/mol. The molecule has 0 spiro atoms. The van der Waals surface area contributed by atoms with E-state index in [1.54, 1.807) is 24.3 Å². The first kappa shape index (κ1) is 12.9. The van der Waals surface area contributed by atoms with Crippen LogP contribution in [0.2, 0.25) is 0 Å². The van der Waals surface area contributed by atoms with Crippen LogP contribution in [-0.2, 0) is 11.2 Å². The van der Waals surface area contributed by atoms with Crippen molar-refractivity contribution >= 4 is 5.91 Å². The predicted octanol–water partition coefficient (Wildman–Crippen LogP) is 1.27. The number of amides is 1. The molecule has 18 heavy (non-hydrogen) atoms. The van der Waals surface area contributed by atoms with E-state index in [2.05, 4.69) is 0 Å². The summed E-state index contributed by atoms with van der Waals surface area (Å²) in [6.45, 7) is 1.67. The maximum absolute atomic E-state index is 12.1. The summed E-state index contributed by atoms with van der Waals surface area (Å²) in [5.74, 6) is 0.275. The summed E-state index contributed by atoms with van der Waals surface area (Å²) in [5, 5.41) is 9.20. The summed E-state index contributed by atoms with van der Waals surface area (Å²) in [6, 6.07) is 6.37. The largest absolute Gasteiger partial charge is 0.508 e. The van der Waals surface area contributed by atoms with Gasteiger partial charge >= 0.3 is 0 Å². The molecule has 0 saturated carbocycles. The smallest absolute Gasteiger partial charge is 0.239 e. The number of nitrogens with zero attached hydrogens (tertiary/aromatic N) is 1. The first-order valence-electron chi connectivity index (χ1n) is 6.49. The molecule has 4 heteroatoms. The standard InChI is InChI=1S/C14H20N2O2/c15-13(10-11-4-6-12(17)7-5-11)14(18)16-8-2-1-3-9-16/h4-7,13,17H,1-3,8-10,15H2/t13-/m1/s1. The maximum Gasteiger partial charge on any atom is 0.239 e. The number of phenols is 1. The Labute approximate surface area is 107 Å². The molecule has 1 aromatic carbocycles. The van der Waals surface area contributed by atoms with E-state index in [4.69, 9.17) is 5.73 Å². The summed E-state index contributed by atoms with van der Waals surface area (Å²) in [6.07, 6.45) is 3.89. The van der Waals surface area contributed by atoms with Gasteiger partial charge in [-0.25, -0.2) is 0 Å². The number of aromatic hydroxyl groups is 1. The third kappa shape index (κ3) is 3.23. The van der Waals surface area contributed by atoms with Crippen LogP contribution in [0.1, 0.15) is 24.8 Å². The number of piperidine rings is 1. The lowest BCUT2D eigenvalue weighted by Gasteiger charge is -2.29. The van der Waals surface area contributed by atoms with Crippen LogP contribution in [0, 0.1) is 0 Å². The SMILES string of the molecule is N[C@H](Cc1ccc(O)cc1)C(=O)N1CCCCC1. The summed E-state index contributed by atoms with van der Waals surface area (Å²) in [4.78, 5) is 14.0. The van der Waals surface area contributed by atoms with Crippen molar-refractivity contribution < 1.29 is 9.90 Å². The number of nitrogens with two attached hydrogens (primary N) is 1. The van der Waals surface area contributed by atoms with Crippen molar-refractivity contribution in [3.05, 3.63) is 29.8 Å². The van der Waals surface area contributed by atoms with Crippen molar-refractivity contribution in [1.82, 2.24) is 4.90 Å². The van der Waals surface area contributed by atoms with E-state index in [1.165, 1.54) is 6.42 Å². The number of hydrogen-bond donors (Lipinski definition) is 2. The molecule has 3 N–H and O–H groups in total. The Morgan fingerprint density at radius 3 is 2.44 bits per heavy atom. The van der Waals surface area contributed by atoms with Crippen LogP contribution in [0.3, 0.4) is 0 Å². The van der Waals surface area contributed by atoms with Crippen molar-refractivity contribution in [1.29, 1.82) is 0 Å². The van der Waals surface area contributed by atoms with E-state index in [0.29, 0.717) is 6.42 Å². The fourth-order valence-electron chi connectivity index (χ4n) is 2.32. The molecule has 1 aliphatic rings. The van der Waals surface area contributed by atoms with Crippen LogP contribution >= 0.6 is 0 Å². The number of phenolic OH excluding ortho intramolecular Hbond substituents is 1. The molecule has 1 heterocycles. The maximum atomic E-state index is 12.1. The van der Waals surface area contributed by atoms with E-state index in [0.717, 1.165) is 31.5 Å². The van der Waals surface area contributed by atoms with E-state index < -0.39 is 6.04 Å². The highest BCUT2D eigenvalue weighted by molar-refractivity contribution is 5.82. The average molecular weight is 248 g/mol. The lowest BCUT2D eigenvalue weighted by atomic mass is 10.0. The van der Waals surface area contributed by atoms with E-state index in [-0.39, 0.29) is 11.7 Å². The van der Waals surface area contributed by atoms with E-state index >= 15 is 0 Å². The molecule has 0 bridgehead atoms. The highest BCUT2D eigenvalue weighted by Crippen LogP contribution is 2.13. The quantitative estimate of drug-likeness (QED) is 0.846. The molecule has 1 amide bonds. The van der Waals surface area contributed by atoms with Gasteiger partial charge < -0.3 is 15.7 Å². The van der Waals surface area contributed by atoms with Crippen molar-refractivity contribution in [2.75, 3.05) is 13.1 Å². The van der Waals surface area contributed by atoms with Gasteiger partial charge in [-0.05, 0) is 43.4 Å². The first-order valence-corrected chi connectivity index (χ1v) is 6.49. The zero-order chi connectivity index (χ0) is 13.0. The number of carbonyl (C=O) groups excluding carboxylic acids is 1. The van der Waals surface area contributed by atoms with Crippen LogP contribution < -0.4 is 5.73 Å². The fourth-order valence-corrected chi connectivity index (χ4v) is 2.32. The number of carbonyl (C=O) groups is 1. The second kappa shape index (κ2) is 5.87. The van der Waals surface area contributed by atoms with Gasteiger partial charge in [0.2, 0.25) is 5.91 Å². The lowest BCUT2D eigenvalue weighted by molar-refractivity contribution is -0.133. The molecule has 1 fully saturated rings. The topological polar surface area (TPSA) is 66.6 Å². The highest BCUT2D eigenvalue weighted by atomic mass is 16.3. The van der Waals surface area contributed by atoms with Crippen LogP contribution in [0.25, 0.3) is 0 Å². The molecule has 0 unspecified atom stereocenters. The fraction of sp³-hybridized carbons (Fsp3) is 0.500. The number of likely N-dealkylation sites (tertiary alicyclic amines) is 1. The van der Waals surface area contributed by atoms with Crippen LogP contribution in [0.15, 0.2) is 24.3 Å². The summed E-state index contributed by atoms with van der Waals surface area (Å²) >= 11 is 0. The minimum Gasteiger partial charge on any atom is -0.508 e. The Bertz CT molecular complexity index is 397. The number of rotatable bonds is 3. The zero-order valence-corrected chi connectivity index (χ0v) is 10.5. The lowest BCUT2D eigenvalue weighted by Crippen LogP contribution is -2.46. The Hall–Kier alpha value is -1.55. The Kier molecular flexibility index (Phi) is 4.20. The summed E-state index contributed by atoms with van der Waals surface area (Å²) in [5.41, 5.74) is 6.94. The van der Waals surface area contributed by atoms with Gasteiger partial charge in [-0.2, -0.15) is 0 Å². The molecular formula is C14H20N2O2. The van der Waals surface area contributed by atoms with Crippen LogP contribution in [0.5, 0.6) is 5.75 Å². The minimum absolute atomic E-state index is 0.0442. The monoisotopic (exact) mass is 248 g/mol. The molecular weight excluding hydrogens is 228 g/mol. The average Bonchev–Trinajstić information content (AvgIpc) is 2.41. The Morgan fingerprint density at radius 1 is 1.22 bits per heavy atom. The minimum atomic E-state index is -0.479. The van der Waals surface area contributed by atoms with Gasteiger partial charge in [0, 0.05) is 13.1 Å². The zero-order valence-electron chi connectivity index (χ0n) is 10.5. The normalized spacial score (nSPS) is 17.5. The van der Waals surface area contributed by atoms with Crippen LogP contribution in [-0.4, -0.2) is 35.0 Å². The van der Waals surface area contributed by atoms with Gasteiger partial charge in [-0.1, -0.05) is 12.1 Å². The van der Waals surface area contributed by atoms with Gasteiger partial charge in [0.25, 0.3) is 0 Å². The molecule has 0 radical (unpaired) electrons. The van der Waals surface area contributed by atoms with Crippen molar-refractivity contribution in [2.45, 2.75) is 31.7 Å². The summed E-state index contributed by atoms with van der Waals surface area (Å²) < 4.78 is 0. The van der Waals surface area contributed by atoms with Gasteiger partial charge in [0.15, 0.2) is 0 Å². The second-order valence-electron chi connectivity index (χ2n) is 4.86. The van der Waals surface area contributed by atoms with Gasteiger partial charge in [0.05, 0.1) is 6.04 Å². The van der Waals surface area contributed by atoms with Crippen molar-refractivity contribution in [3.8, 4) is 5.75 Å². The number of benzene rings is 1. The third-order valence-corrected chi connectivity index (χ3v) is 3.38. The van der Waals surface area contributed by atoms with Gasteiger partial charge in [0.1, 0.15) is 5.75 Å². The van der Waals surface area contributed by atoms with Crippen molar-refractivity contribution in [3.63, 3.8) is 0 Å². The van der Waals surface area contributed by atoms with Gasteiger partial charge in [-0.3, -0.25) is 4.79 Å². The third-order valence-electron chi connectivity index (χ3n) is 3.38. The van der Waals surface area contributed by atoms with Gasteiger partial charge in [-0.15, -0.1) is 0 Å². The molecule has 2 rings (SSSR count). The molecule has 4 nitrogen and oxygen atoms in total. The number of hydrogen-bond acceptors (Lipinski definition) is 3. The second-order valence-corrected chi connectivity index (χ2v) is 4.86. The first-order chi connectivity index (χ1) is 8.66. The molecule has 1 aliphatic heterocycles. The van der Waals surface area contributed by atoms with E-state index in [1.807, 2.05) is 4.90 Å². The molecule has 0 aliphatic carbocycles. The molecule has 0 aromatic heterocycles. The highest BCUT2D eigenvalue weighted by Gasteiger charge is 2.22. The molecule has 1 atom stereocenters. The van der Waals surface area contributed by atoms with Crippen LogP contribution in [0.4, 0.5) is 0 Å². The van der Waals surface area contributed by atoms with E-state index in [9.17, 15) is 9.90 Å². The Balaban J connectivity index is 1.92. The van der Waals surface area contributed by atoms with Crippen molar-refractivity contribution in [2.24, 2.45) is 5.73 Å².